The number of hydrogen-bond acceptors (Lipinski definition) is 6. The van der Waals surface area contributed by atoms with Crippen LogP contribution in [0.25, 0.3) is 0 Å². The van der Waals surface area contributed by atoms with Crippen molar-refractivity contribution in [2.45, 2.75) is 27.7 Å². The van der Waals surface area contributed by atoms with Crippen LogP contribution in [0, 0.1) is 13.8 Å². The van der Waals surface area contributed by atoms with Crippen LogP contribution in [0.4, 0.5) is 0 Å². The van der Waals surface area contributed by atoms with Crippen molar-refractivity contribution in [3.05, 3.63) is 58.7 Å². The monoisotopic (exact) mass is 412 g/mol. The van der Waals surface area contributed by atoms with Gasteiger partial charge in [-0.1, -0.05) is 23.3 Å². The fraction of sp³-hybridized carbons (Fsp3) is 0.273. The second kappa shape index (κ2) is 10.2. The maximum absolute atomic E-state index is 10.8. The average molecular weight is 412 g/mol. The number of aryl methyl sites for hydroxylation is 2. The van der Waals surface area contributed by atoms with Crippen LogP contribution in [0.3, 0.4) is 0 Å². The Labute approximate surface area is 174 Å². The third-order valence-electron chi connectivity index (χ3n) is 4.10. The smallest absolute Gasteiger partial charge is 0.341 e. The van der Waals surface area contributed by atoms with Gasteiger partial charge in [0.1, 0.15) is 11.5 Å². The van der Waals surface area contributed by atoms with Crippen LogP contribution in [0.2, 0.25) is 0 Å². The summed E-state index contributed by atoms with van der Waals surface area (Å²) in [7, 11) is 0. The molecule has 2 rings (SSSR count). The Morgan fingerprint density at radius 2 is 1.13 bits per heavy atom. The Bertz CT molecular complexity index is 929. The van der Waals surface area contributed by atoms with Crippen LogP contribution in [0.5, 0.6) is 11.5 Å². The van der Waals surface area contributed by atoms with E-state index in [2.05, 4.69) is 10.2 Å². The van der Waals surface area contributed by atoms with Gasteiger partial charge in [0.25, 0.3) is 0 Å². The molecule has 0 bridgehead atoms. The lowest BCUT2D eigenvalue weighted by atomic mass is 10.1. The first-order valence-corrected chi connectivity index (χ1v) is 9.17. The lowest BCUT2D eigenvalue weighted by Crippen LogP contribution is -2.12. The van der Waals surface area contributed by atoms with Gasteiger partial charge in [0.2, 0.25) is 0 Å². The molecule has 2 aromatic carbocycles. The number of carbonyl (C=O) groups is 2. The average Bonchev–Trinajstić information content (AvgIpc) is 2.69. The Hall–Kier alpha value is -3.68. The minimum Gasteiger partial charge on any atom is -0.481 e. The van der Waals surface area contributed by atoms with E-state index in [9.17, 15) is 9.59 Å². The van der Waals surface area contributed by atoms with Crippen LogP contribution in [0.1, 0.15) is 36.1 Å². The molecule has 0 aliphatic heterocycles. The maximum atomic E-state index is 10.8. The lowest BCUT2D eigenvalue weighted by Gasteiger charge is -2.11. The Kier molecular flexibility index (Phi) is 7.69. The number of aliphatic carboxylic acids is 2. The van der Waals surface area contributed by atoms with Gasteiger partial charge in [-0.2, -0.15) is 10.2 Å². The number of rotatable bonds is 9. The lowest BCUT2D eigenvalue weighted by molar-refractivity contribution is -0.140. The van der Waals surface area contributed by atoms with Crippen LogP contribution in [-0.4, -0.2) is 46.8 Å². The quantitative estimate of drug-likeness (QED) is 0.481. The zero-order valence-electron chi connectivity index (χ0n) is 17.3. The molecule has 0 unspecified atom stereocenters. The second-order valence-electron chi connectivity index (χ2n) is 6.73. The molecule has 30 heavy (non-hydrogen) atoms. The van der Waals surface area contributed by atoms with Gasteiger partial charge < -0.3 is 19.7 Å². The molecular weight excluding hydrogens is 388 g/mol. The first kappa shape index (κ1) is 22.6. The highest BCUT2D eigenvalue weighted by Crippen LogP contribution is 2.23. The van der Waals surface area contributed by atoms with Gasteiger partial charge in [0.15, 0.2) is 13.2 Å². The molecule has 8 heteroatoms. The van der Waals surface area contributed by atoms with E-state index in [1.54, 1.807) is 26.0 Å². The molecule has 0 atom stereocenters. The van der Waals surface area contributed by atoms with Gasteiger partial charge in [-0.25, -0.2) is 9.59 Å². The first-order chi connectivity index (χ1) is 14.2. The zero-order chi connectivity index (χ0) is 22.3. The topological polar surface area (TPSA) is 118 Å². The Morgan fingerprint density at radius 3 is 1.47 bits per heavy atom. The molecule has 0 aliphatic rings. The zero-order valence-corrected chi connectivity index (χ0v) is 17.3. The van der Waals surface area contributed by atoms with Crippen molar-refractivity contribution in [2.75, 3.05) is 13.2 Å². The predicted octanol–water partition coefficient (Wildman–Crippen LogP) is 3.46. The summed E-state index contributed by atoms with van der Waals surface area (Å²) in [6, 6.07) is 10.7. The number of nitrogens with zero attached hydrogens (tertiary/aromatic N) is 2. The minimum atomic E-state index is -1.07. The van der Waals surface area contributed by atoms with Gasteiger partial charge in [-0.15, -0.1) is 0 Å². The van der Waals surface area contributed by atoms with Gasteiger partial charge in [-0.3, -0.25) is 0 Å². The van der Waals surface area contributed by atoms with Crippen LogP contribution in [-0.2, 0) is 9.59 Å². The summed E-state index contributed by atoms with van der Waals surface area (Å²) < 4.78 is 10.7. The second-order valence-corrected chi connectivity index (χ2v) is 6.73. The van der Waals surface area contributed by atoms with E-state index in [1.807, 2.05) is 38.1 Å². The van der Waals surface area contributed by atoms with Gasteiger partial charge in [0.05, 0.1) is 11.4 Å². The number of carboxylic acid groups (broad SMARTS) is 2. The first-order valence-electron chi connectivity index (χ1n) is 9.17. The predicted molar refractivity (Wildman–Crippen MR) is 113 cm³/mol. The summed E-state index contributed by atoms with van der Waals surface area (Å²) >= 11 is 0. The summed E-state index contributed by atoms with van der Waals surface area (Å²) in [5, 5.41) is 26.3. The van der Waals surface area contributed by atoms with Crippen molar-refractivity contribution < 1.29 is 29.3 Å². The Morgan fingerprint density at radius 1 is 0.767 bits per heavy atom. The van der Waals surface area contributed by atoms with E-state index in [1.165, 1.54) is 0 Å². The molecule has 8 nitrogen and oxygen atoms in total. The molecule has 0 fully saturated rings. The van der Waals surface area contributed by atoms with Crippen LogP contribution < -0.4 is 9.47 Å². The van der Waals surface area contributed by atoms with Crippen molar-refractivity contribution >= 4 is 23.4 Å². The van der Waals surface area contributed by atoms with E-state index in [0.717, 1.165) is 11.1 Å². The summed E-state index contributed by atoms with van der Waals surface area (Å²) in [5.74, 6) is -1.34. The third-order valence-corrected chi connectivity index (χ3v) is 4.10. The van der Waals surface area contributed by atoms with E-state index in [4.69, 9.17) is 19.7 Å². The van der Waals surface area contributed by atoms with Gasteiger partial charge in [-0.05, 0) is 52.0 Å². The van der Waals surface area contributed by atoms with Crippen molar-refractivity contribution in [3.8, 4) is 11.5 Å². The van der Waals surface area contributed by atoms with Crippen molar-refractivity contribution in [3.63, 3.8) is 0 Å². The molecule has 2 N–H and O–H groups in total. The summed E-state index contributed by atoms with van der Waals surface area (Å²) in [4.78, 5) is 21.6. The molecule has 0 saturated heterocycles. The van der Waals surface area contributed by atoms with E-state index < -0.39 is 25.2 Å². The molecule has 0 radical (unpaired) electrons. The van der Waals surface area contributed by atoms with Crippen LogP contribution in [0.15, 0.2) is 46.6 Å². The molecular formula is C22H24N2O6. The molecule has 2 aromatic rings. The third kappa shape index (κ3) is 6.44. The van der Waals surface area contributed by atoms with Crippen molar-refractivity contribution in [2.24, 2.45) is 10.2 Å². The fourth-order valence-corrected chi connectivity index (χ4v) is 2.64. The summed E-state index contributed by atoms with van der Waals surface area (Å²) in [6.45, 7) is 6.39. The van der Waals surface area contributed by atoms with Gasteiger partial charge in [0, 0.05) is 11.1 Å². The number of hydrogen-bond donors (Lipinski definition) is 2. The minimum absolute atomic E-state index is 0.401. The van der Waals surface area contributed by atoms with Crippen LogP contribution >= 0.6 is 0 Å². The van der Waals surface area contributed by atoms with Gasteiger partial charge >= 0.3 is 11.9 Å². The number of benzene rings is 2. The van der Waals surface area contributed by atoms with E-state index >= 15 is 0 Å². The fourth-order valence-electron chi connectivity index (χ4n) is 2.64. The number of carboxylic acids is 2. The molecule has 0 spiro atoms. The molecule has 158 valence electrons. The van der Waals surface area contributed by atoms with E-state index in [-0.39, 0.29) is 0 Å². The highest BCUT2D eigenvalue weighted by Gasteiger charge is 2.11. The standard InChI is InChI=1S/C22H24N2O6/c1-13-5-7-19(29-11-21(25)26)17(9-13)15(3)23-24-16(4)18-10-14(2)6-8-20(18)30-12-22(27)28/h5-10H,11-12H2,1-4H3,(H,25,26)(H,27,28)/b23-15-,24-16-. The summed E-state index contributed by atoms with van der Waals surface area (Å²) in [5.41, 5.74) is 4.29. The molecule has 0 amide bonds. The highest BCUT2D eigenvalue weighted by atomic mass is 16.5. The van der Waals surface area contributed by atoms with Crippen molar-refractivity contribution in [1.29, 1.82) is 0 Å². The van der Waals surface area contributed by atoms with E-state index in [0.29, 0.717) is 34.0 Å². The molecule has 0 aromatic heterocycles. The summed E-state index contributed by atoms with van der Waals surface area (Å²) in [6.07, 6.45) is 0. The number of ether oxygens (including phenoxy) is 2. The molecule has 0 saturated carbocycles. The molecule has 0 heterocycles. The van der Waals surface area contributed by atoms with Crippen molar-refractivity contribution in [1.82, 2.24) is 0 Å². The maximum Gasteiger partial charge on any atom is 0.341 e. The normalized spacial score (nSPS) is 11.9. The largest absolute Gasteiger partial charge is 0.481 e. The molecule has 0 aliphatic carbocycles. The Balaban J connectivity index is 2.36. The highest BCUT2D eigenvalue weighted by molar-refractivity contribution is 6.04. The SMILES string of the molecule is C/C(=N/N=C(/C)c1cc(C)ccc1OCC(=O)O)c1cc(C)ccc1OCC(=O)O.